The number of amides is 2. The first kappa shape index (κ1) is 34.4. The number of ether oxygens (including phenoxy) is 1. The van der Waals surface area contributed by atoms with Crippen molar-refractivity contribution >= 4 is 23.5 Å². The number of allylic oxidation sites excluding steroid dienone is 1. The number of carbonyl (C=O) groups is 3. The van der Waals surface area contributed by atoms with Gasteiger partial charge in [0, 0.05) is 23.7 Å². The molecule has 5 rings (SSSR count). The summed E-state index contributed by atoms with van der Waals surface area (Å²) in [5.74, 6) is -1.01. The largest absolute Gasteiger partial charge is 0.456 e. The summed E-state index contributed by atoms with van der Waals surface area (Å²) >= 11 is 0. The number of benzene rings is 3. The van der Waals surface area contributed by atoms with Crippen molar-refractivity contribution < 1.29 is 32.3 Å². The SMILES string of the molecule is CC1=C(C(=O)C2CCCCC2)C(c2ccc(C#N)cc2)N(Cc2cccc(C(=O)OC(C)(C)C)c2)C(=O)N1c1cccc(C(F)(F)F)c1. The Morgan fingerprint density at radius 2 is 1.60 bits per heavy atom. The normalized spacial score (nSPS) is 17.7. The molecule has 10 heteroatoms. The number of anilines is 1. The van der Waals surface area contributed by atoms with Gasteiger partial charge >= 0.3 is 18.2 Å². The van der Waals surface area contributed by atoms with Crippen LogP contribution in [0.25, 0.3) is 0 Å². The summed E-state index contributed by atoms with van der Waals surface area (Å²) in [7, 11) is 0. The summed E-state index contributed by atoms with van der Waals surface area (Å²) in [6, 6.07) is 18.3. The molecule has 0 spiro atoms. The number of rotatable bonds is 7. The molecule has 1 heterocycles. The van der Waals surface area contributed by atoms with E-state index in [1.165, 1.54) is 21.9 Å². The van der Waals surface area contributed by atoms with E-state index in [9.17, 15) is 32.8 Å². The molecule has 1 unspecified atom stereocenters. The zero-order chi connectivity index (χ0) is 34.8. The minimum atomic E-state index is -4.65. The van der Waals surface area contributed by atoms with Gasteiger partial charge in [-0.1, -0.05) is 49.6 Å². The molecule has 1 saturated carbocycles. The lowest BCUT2D eigenvalue weighted by atomic mass is 9.79. The van der Waals surface area contributed by atoms with Gasteiger partial charge in [0.05, 0.1) is 34.5 Å². The van der Waals surface area contributed by atoms with Gasteiger partial charge in [-0.25, -0.2) is 9.59 Å². The number of Topliss-reactive ketones (excluding diaryl/α,β-unsaturated/α-hetero) is 1. The van der Waals surface area contributed by atoms with Crippen LogP contribution in [0.15, 0.2) is 84.1 Å². The van der Waals surface area contributed by atoms with E-state index >= 15 is 0 Å². The second kappa shape index (κ2) is 13.7. The molecule has 2 amide bonds. The Labute approximate surface area is 278 Å². The summed E-state index contributed by atoms with van der Waals surface area (Å²) in [5.41, 5.74) is 0.671. The first-order valence-corrected chi connectivity index (χ1v) is 16.0. The Balaban J connectivity index is 1.69. The van der Waals surface area contributed by atoms with E-state index in [0.717, 1.165) is 31.4 Å². The molecule has 250 valence electrons. The molecule has 0 bridgehead atoms. The van der Waals surface area contributed by atoms with Gasteiger partial charge in [0.25, 0.3) is 0 Å². The minimum absolute atomic E-state index is 0.0212. The zero-order valence-corrected chi connectivity index (χ0v) is 27.4. The fourth-order valence-electron chi connectivity index (χ4n) is 6.46. The highest BCUT2D eigenvalue weighted by atomic mass is 19.4. The van der Waals surface area contributed by atoms with Gasteiger partial charge in [0.1, 0.15) is 5.60 Å². The van der Waals surface area contributed by atoms with Crippen LogP contribution < -0.4 is 4.90 Å². The summed E-state index contributed by atoms with van der Waals surface area (Å²) in [5, 5.41) is 9.46. The van der Waals surface area contributed by atoms with E-state index in [2.05, 4.69) is 6.07 Å². The fourth-order valence-corrected chi connectivity index (χ4v) is 6.46. The highest BCUT2D eigenvalue weighted by molar-refractivity contribution is 6.06. The Morgan fingerprint density at radius 1 is 0.938 bits per heavy atom. The Morgan fingerprint density at radius 3 is 2.23 bits per heavy atom. The van der Waals surface area contributed by atoms with Crippen molar-refractivity contribution in [2.75, 3.05) is 4.90 Å². The van der Waals surface area contributed by atoms with Crippen LogP contribution >= 0.6 is 0 Å². The molecule has 0 saturated heterocycles. The van der Waals surface area contributed by atoms with Crippen molar-refractivity contribution in [1.82, 2.24) is 4.90 Å². The van der Waals surface area contributed by atoms with Crippen LogP contribution in [-0.4, -0.2) is 28.3 Å². The topological polar surface area (TPSA) is 90.7 Å². The first-order valence-electron chi connectivity index (χ1n) is 16.0. The van der Waals surface area contributed by atoms with Crippen molar-refractivity contribution in [2.45, 2.75) is 84.2 Å². The van der Waals surface area contributed by atoms with Crippen molar-refractivity contribution in [1.29, 1.82) is 5.26 Å². The number of alkyl halides is 3. The maximum absolute atomic E-state index is 14.6. The van der Waals surface area contributed by atoms with Crippen molar-refractivity contribution in [2.24, 2.45) is 5.92 Å². The predicted octanol–water partition coefficient (Wildman–Crippen LogP) is 9.14. The molecule has 7 nitrogen and oxygen atoms in total. The van der Waals surface area contributed by atoms with Crippen molar-refractivity contribution in [3.05, 3.63) is 112 Å². The van der Waals surface area contributed by atoms with E-state index in [4.69, 9.17) is 4.74 Å². The highest BCUT2D eigenvalue weighted by Crippen LogP contribution is 2.44. The molecular weight excluding hydrogens is 619 g/mol. The Kier molecular flexibility index (Phi) is 9.81. The van der Waals surface area contributed by atoms with E-state index < -0.39 is 35.4 Å². The standard InChI is InChI=1S/C38H38F3N3O4/c1-24-32(34(45)28-11-6-5-7-12-28)33(27-18-16-25(22-42)17-19-27)43(23-26-10-8-13-29(20-26)35(46)48-37(2,3)4)36(47)44(24)31-15-9-14-30(21-31)38(39,40)41/h8-10,13-21,28,33H,5-7,11-12,23H2,1-4H3. The van der Waals surface area contributed by atoms with Crippen LogP contribution in [0.3, 0.4) is 0 Å². The molecule has 1 fully saturated rings. The lowest BCUT2D eigenvalue weighted by Crippen LogP contribution is -2.51. The van der Waals surface area contributed by atoms with Crippen LogP contribution in [-0.2, 0) is 22.3 Å². The first-order chi connectivity index (χ1) is 22.7. The Bertz CT molecular complexity index is 1780. The number of esters is 1. The molecule has 0 radical (unpaired) electrons. The summed E-state index contributed by atoms with van der Waals surface area (Å²) in [6.45, 7) is 6.79. The number of urea groups is 1. The number of carbonyl (C=O) groups excluding carboxylic acids is 3. The van der Waals surface area contributed by atoms with Gasteiger partial charge < -0.3 is 9.64 Å². The summed E-state index contributed by atoms with van der Waals surface area (Å²) in [4.78, 5) is 44.8. The maximum atomic E-state index is 14.6. The molecule has 0 aromatic heterocycles. The second-order valence-electron chi connectivity index (χ2n) is 13.3. The molecular formula is C38H38F3N3O4. The number of nitrogens with zero attached hydrogens (tertiary/aromatic N) is 3. The van der Waals surface area contributed by atoms with E-state index in [-0.39, 0.29) is 35.2 Å². The lowest BCUT2D eigenvalue weighted by molar-refractivity contribution is -0.137. The van der Waals surface area contributed by atoms with Gasteiger partial charge in [-0.2, -0.15) is 18.4 Å². The summed E-state index contributed by atoms with van der Waals surface area (Å²) < 4.78 is 47.1. The minimum Gasteiger partial charge on any atom is -0.456 e. The lowest BCUT2D eigenvalue weighted by Gasteiger charge is -2.44. The van der Waals surface area contributed by atoms with Crippen LogP contribution in [0.4, 0.5) is 23.7 Å². The number of nitriles is 1. The number of hydrogen-bond acceptors (Lipinski definition) is 5. The second-order valence-corrected chi connectivity index (χ2v) is 13.3. The number of halogens is 3. The monoisotopic (exact) mass is 657 g/mol. The molecule has 0 N–H and O–H groups in total. The Hall–Kier alpha value is -4.91. The third-order valence-corrected chi connectivity index (χ3v) is 8.69. The number of ketones is 1. The third kappa shape index (κ3) is 7.46. The fraction of sp³-hybridized carbons (Fsp3) is 0.368. The smallest absolute Gasteiger partial charge is 0.416 e. The van der Waals surface area contributed by atoms with E-state index in [1.807, 2.05) is 0 Å². The molecule has 2 aliphatic rings. The molecule has 3 aromatic carbocycles. The zero-order valence-electron chi connectivity index (χ0n) is 27.4. The van der Waals surface area contributed by atoms with Crippen molar-refractivity contribution in [3.8, 4) is 6.07 Å². The molecule has 3 aromatic rings. The third-order valence-electron chi connectivity index (χ3n) is 8.69. The molecule has 48 heavy (non-hydrogen) atoms. The average molecular weight is 658 g/mol. The van der Waals surface area contributed by atoms with Crippen LogP contribution in [0, 0.1) is 17.2 Å². The van der Waals surface area contributed by atoms with Crippen LogP contribution in [0.5, 0.6) is 0 Å². The predicted molar refractivity (Wildman–Crippen MR) is 175 cm³/mol. The number of hydrogen-bond donors (Lipinski definition) is 0. The quantitative estimate of drug-likeness (QED) is 0.236. The molecule has 1 aliphatic heterocycles. The van der Waals surface area contributed by atoms with Crippen LogP contribution in [0.1, 0.15) is 98.5 Å². The maximum Gasteiger partial charge on any atom is 0.416 e. The van der Waals surface area contributed by atoms with Gasteiger partial charge in [-0.3, -0.25) is 9.69 Å². The average Bonchev–Trinajstić information content (AvgIpc) is 3.05. The summed E-state index contributed by atoms with van der Waals surface area (Å²) in [6.07, 6.45) is -0.546. The molecule has 1 aliphatic carbocycles. The van der Waals surface area contributed by atoms with Gasteiger partial charge in [-0.15, -0.1) is 0 Å². The van der Waals surface area contributed by atoms with Gasteiger partial charge in [-0.05, 0) is 94.1 Å². The van der Waals surface area contributed by atoms with E-state index in [1.54, 1.807) is 76.2 Å². The van der Waals surface area contributed by atoms with Crippen molar-refractivity contribution in [3.63, 3.8) is 0 Å². The molecule has 1 atom stereocenters. The van der Waals surface area contributed by atoms with E-state index in [0.29, 0.717) is 35.1 Å². The van der Waals surface area contributed by atoms with Gasteiger partial charge in [0.2, 0.25) is 0 Å². The highest BCUT2D eigenvalue weighted by Gasteiger charge is 2.44. The van der Waals surface area contributed by atoms with Crippen LogP contribution in [0.2, 0.25) is 0 Å². The van der Waals surface area contributed by atoms with Gasteiger partial charge in [0.15, 0.2) is 5.78 Å².